The molecular weight excluding hydrogens is 573 g/mol. The normalized spacial score (nSPS) is 13.8. The smallest absolute Gasteiger partial charge is 0.327 e. The van der Waals surface area contributed by atoms with Crippen LogP contribution < -0.4 is 14.8 Å². The number of halogens is 2. The molecule has 0 aliphatic carbocycles. The van der Waals surface area contributed by atoms with E-state index in [1.165, 1.54) is 36.2 Å². The molecule has 1 fully saturated rings. The van der Waals surface area contributed by atoms with E-state index in [-0.39, 0.29) is 47.1 Å². The maximum atomic E-state index is 12.7. The molecule has 1 heterocycles. The van der Waals surface area contributed by atoms with Crippen LogP contribution in [0.3, 0.4) is 0 Å². The molecule has 1 aliphatic rings. The Labute approximate surface area is 246 Å². The van der Waals surface area contributed by atoms with Gasteiger partial charge < -0.3 is 24.8 Å². The summed E-state index contributed by atoms with van der Waals surface area (Å²) in [5, 5.41) is 12.5. The maximum Gasteiger partial charge on any atom is 0.327 e. The fraction of sp³-hybridized carbons (Fsp3) is 0.241. The van der Waals surface area contributed by atoms with Crippen LogP contribution in [0.5, 0.6) is 11.5 Å². The van der Waals surface area contributed by atoms with E-state index in [1.807, 2.05) is 0 Å². The van der Waals surface area contributed by atoms with Crippen molar-refractivity contribution in [2.75, 3.05) is 27.8 Å². The second kappa shape index (κ2) is 12.5. The van der Waals surface area contributed by atoms with Crippen LogP contribution in [-0.4, -0.2) is 72.6 Å². The van der Waals surface area contributed by atoms with Crippen molar-refractivity contribution in [2.24, 2.45) is 0 Å². The third kappa shape index (κ3) is 6.39. The number of benzene rings is 3. The van der Waals surface area contributed by atoms with Crippen molar-refractivity contribution in [3.05, 3.63) is 81.3 Å². The highest BCUT2D eigenvalue weighted by Gasteiger charge is 2.34. The van der Waals surface area contributed by atoms with Crippen LogP contribution in [0.15, 0.2) is 54.6 Å². The Morgan fingerprint density at radius 1 is 0.976 bits per heavy atom. The number of methoxy groups -OCH3 is 2. The van der Waals surface area contributed by atoms with Gasteiger partial charge in [-0.3, -0.25) is 14.5 Å². The Balaban J connectivity index is 1.55. The Morgan fingerprint density at radius 2 is 1.56 bits per heavy atom. The van der Waals surface area contributed by atoms with Gasteiger partial charge in [0.1, 0.15) is 24.1 Å². The zero-order valence-electron chi connectivity index (χ0n) is 22.4. The molecule has 0 unspecified atom stereocenters. The highest BCUT2D eigenvalue weighted by atomic mass is 35.5. The Morgan fingerprint density at radius 3 is 2.05 bits per heavy atom. The molecule has 2 N–H and O–H groups in total. The summed E-state index contributed by atoms with van der Waals surface area (Å²) in [6.45, 7) is 0.0906. The van der Waals surface area contributed by atoms with Gasteiger partial charge in [-0.15, -0.1) is 0 Å². The zero-order chi connectivity index (χ0) is 29.8. The van der Waals surface area contributed by atoms with Crippen LogP contribution >= 0.6 is 23.2 Å². The van der Waals surface area contributed by atoms with Gasteiger partial charge in [0.25, 0.3) is 11.8 Å². The Kier molecular flexibility index (Phi) is 9.05. The van der Waals surface area contributed by atoms with E-state index in [0.717, 1.165) is 5.56 Å². The monoisotopic (exact) mass is 599 g/mol. The van der Waals surface area contributed by atoms with Crippen LogP contribution in [0.1, 0.15) is 21.5 Å². The molecule has 1 aliphatic heterocycles. The van der Waals surface area contributed by atoms with E-state index in [9.17, 15) is 24.3 Å². The van der Waals surface area contributed by atoms with Crippen molar-refractivity contribution in [3.8, 4) is 22.6 Å². The number of nitrogens with one attached hydrogen (secondary N) is 1. The SMILES string of the molecule is COc1cc(CN2C(=O)CN(C)C2=O)cc(OC)c1-c1ccc(C[C@H](NC(=O)c2c(Cl)cccc2Cl)C(=O)O)cc1. The van der Waals surface area contributed by atoms with E-state index in [1.54, 1.807) is 49.5 Å². The van der Waals surface area contributed by atoms with Gasteiger partial charge in [-0.05, 0) is 41.0 Å². The number of ether oxygens (including phenoxy) is 2. The predicted octanol–water partition coefficient (Wildman–Crippen LogP) is 4.50. The van der Waals surface area contributed by atoms with Crippen LogP contribution in [-0.2, 0) is 22.6 Å². The third-order valence-electron chi connectivity index (χ3n) is 6.61. The summed E-state index contributed by atoms with van der Waals surface area (Å²) >= 11 is 12.2. The summed E-state index contributed by atoms with van der Waals surface area (Å²) < 4.78 is 11.3. The molecule has 10 nitrogen and oxygen atoms in total. The molecule has 4 amide bonds. The molecule has 4 rings (SSSR count). The van der Waals surface area contributed by atoms with Crippen molar-refractivity contribution in [1.82, 2.24) is 15.1 Å². The quantitative estimate of drug-likeness (QED) is 0.329. The van der Waals surface area contributed by atoms with Gasteiger partial charge in [0.05, 0.1) is 41.9 Å². The first kappa shape index (κ1) is 29.7. The number of nitrogens with zero attached hydrogens (tertiary/aromatic N) is 2. The van der Waals surface area contributed by atoms with Crippen molar-refractivity contribution in [1.29, 1.82) is 0 Å². The molecule has 0 bridgehead atoms. The maximum absolute atomic E-state index is 12.7. The number of hydrogen-bond acceptors (Lipinski definition) is 6. The van der Waals surface area contributed by atoms with Gasteiger partial charge in [0.2, 0.25) is 0 Å². The first-order chi connectivity index (χ1) is 19.5. The number of carboxylic acid groups (broad SMARTS) is 1. The lowest BCUT2D eigenvalue weighted by Gasteiger charge is -2.19. The van der Waals surface area contributed by atoms with E-state index < -0.39 is 17.9 Å². The third-order valence-corrected chi connectivity index (χ3v) is 7.24. The van der Waals surface area contributed by atoms with Gasteiger partial charge in [-0.1, -0.05) is 53.5 Å². The van der Waals surface area contributed by atoms with E-state index in [2.05, 4.69) is 5.32 Å². The molecule has 0 spiro atoms. The van der Waals surface area contributed by atoms with E-state index in [4.69, 9.17) is 32.7 Å². The number of aliphatic carboxylic acids is 1. The Hall–Kier alpha value is -4.28. The number of rotatable bonds is 10. The van der Waals surface area contributed by atoms with Gasteiger partial charge in [-0.2, -0.15) is 0 Å². The molecule has 41 heavy (non-hydrogen) atoms. The number of amides is 4. The number of carbonyl (C=O) groups is 4. The summed E-state index contributed by atoms with van der Waals surface area (Å²) in [6.07, 6.45) is 0.00295. The van der Waals surface area contributed by atoms with Crippen molar-refractivity contribution in [3.63, 3.8) is 0 Å². The van der Waals surface area contributed by atoms with Crippen molar-refractivity contribution in [2.45, 2.75) is 19.0 Å². The number of carbonyl (C=O) groups excluding carboxylic acids is 3. The summed E-state index contributed by atoms with van der Waals surface area (Å²) in [7, 11) is 4.57. The summed E-state index contributed by atoms with van der Waals surface area (Å²) in [5.74, 6) is -1.27. The molecule has 0 saturated carbocycles. The molecule has 3 aromatic carbocycles. The topological polar surface area (TPSA) is 125 Å². The van der Waals surface area contributed by atoms with Crippen LogP contribution in [0, 0.1) is 0 Å². The number of imide groups is 1. The number of urea groups is 1. The fourth-order valence-corrected chi connectivity index (χ4v) is 5.11. The van der Waals surface area contributed by atoms with Gasteiger partial charge in [0.15, 0.2) is 0 Å². The minimum atomic E-state index is -1.24. The fourth-order valence-electron chi connectivity index (χ4n) is 4.54. The van der Waals surface area contributed by atoms with Crippen LogP contribution in [0.25, 0.3) is 11.1 Å². The number of hydrogen-bond donors (Lipinski definition) is 2. The molecular formula is C29H27Cl2N3O7. The summed E-state index contributed by atoms with van der Waals surface area (Å²) in [6, 6.07) is 13.5. The lowest BCUT2D eigenvalue weighted by molar-refractivity contribution is -0.139. The summed E-state index contributed by atoms with van der Waals surface area (Å²) in [4.78, 5) is 51.8. The highest BCUT2D eigenvalue weighted by Crippen LogP contribution is 2.40. The van der Waals surface area contributed by atoms with E-state index in [0.29, 0.717) is 28.2 Å². The molecule has 12 heteroatoms. The molecule has 3 aromatic rings. The standard InChI is InChI=1S/C29H27Cl2N3O7/c1-33-15-24(35)34(29(33)39)14-17-12-22(40-2)25(23(13-17)41-3)18-9-7-16(8-10-18)11-21(28(37)38)32-27(36)26-19(30)5-4-6-20(26)31/h4-10,12-13,21H,11,14-15H2,1-3H3,(H,32,36)(H,37,38)/t21-/m0/s1. The van der Waals surface area contributed by atoms with Crippen LogP contribution in [0.2, 0.25) is 10.0 Å². The first-order valence-corrected chi connectivity index (χ1v) is 13.2. The number of likely N-dealkylation sites (N-methyl/N-ethyl adjacent to an activating group) is 1. The number of carboxylic acids is 1. The zero-order valence-corrected chi connectivity index (χ0v) is 24.0. The molecule has 0 radical (unpaired) electrons. The highest BCUT2D eigenvalue weighted by molar-refractivity contribution is 6.39. The first-order valence-electron chi connectivity index (χ1n) is 12.4. The van der Waals surface area contributed by atoms with Crippen molar-refractivity contribution < 1.29 is 33.8 Å². The second-order valence-corrected chi connectivity index (χ2v) is 10.2. The second-order valence-electron chi connectivity index (χ2n) is 9.36. The average molecular weight is 600 g/mol. The molecule has 1 atom stereocenters. The van der Waals surface area contributed by atoms with Gasteiger partial charge >= 0.3 is 12.0 Å². The van der Waals surface area contributed by atoms with Gasteiger partial charge in [0, 0.05) is 13.5 Å². The average Bonchev–Trinajstić information content (AvgIpc) is 3.18. The summed E-state index contributed by atoms with van der Waals surface area (Å²) in [5.41, 5.74) is 2.66. The lowest BCUT2D eigenvalue weighted by Crippen LogP contribution is -2.42. The Bertz CT molecular complexity index is 1470. The minimum absolute atomic E-state index is 0.00295. The minimum Gasteiger partial charge on any atom is -0.496 e. The van der Waals surface area contributed by atoms with Gasteiger partial charge in [-0.25, -0.2) is 9.59 Å². The van der Waals surface area contributed by atoms with Crippen molar-refractivity contribution >= 4 is 47.0 Å². The molecule has 214 valence electrons. The van der Waals surface area contributed by atoms with Crippen LogP contribution in [0.4, 0.5) is 4.79 Å². The predicted molar refractivity (Wildman–Crippen MR) is 153 cm³/mol. The lowest BCUT2D eigenvalue weighted by atomic mass is 9.97. The largest absolute Gasteiger partial charge is 0.496 e. The molecule has 0 aromatic heterocycles. The van der Waals surface area contributed by atoms with E-state index >= 15 is 0 Å². The molecule has 1 saturated heterocycles.